The number of hydrogen-bond donors (Lipinski definition) is 0. The molecule has 0 saturated heterocycles. The van der Waals surface area contributed by atoms with Crippen molar-refractivity contribution in [2.75, 3.05) is 6.26 Å². The molecule has 2 rings (SSSR count). The third-order valence-corrected chi connectivity index (χ3v) is 2.77. The average Bonchev–Trinajstić information content (AvgIpc) is 2.31. The molecule has 2 aromatic rings. The normalized spacial score (nSPS) is 9.36. The van der Waals surface area contributed by atoms with Crippen LogP contribution in [0, 0.1) is 0 Å². The smallest absolute Gasteiger partial charge is 0.0148 e. The fraction of sp³-hybridized carbons (Fsp3) is 0.231. The van der Waals surface area contributed by atoms with E-state index >= 15 is 0 Å². The molecule has 0 radical (unpaired) electrons. The SMILES string of the molecule is CC.CSc1cccc2ccccc12. The lowest BCUT2D eigenvalue weighted by Gasteiger charge is -2.01. The summed E-state index contributed by atoms with van der Waals surface area (Å²) in [5.41, 5.74) is 0. The van der Waals surface area contributed by atoms with Gasteiger partial charge in [-0.25, -0.2) is 0 Å². The number of fused-ring (bicyclic) bond motifs is 1. The predicted molar refractivity (Wildman–Crippen MR) is 67.1 cm³/mol. The van der Waals surface area contributed by atoms with Gasteiger partial charge < -0.3 is 0 Å². The van der Waals surface area contributed by atoms with Crippen molar-refractivity contribution in [1.82, 2.24) is 0 Å². The fourth-order valence-corrected chi connectivity index (χ4v) is 1.99. The zero-order valence-corrected chi connectivity index (χ0v) is 9.77. The molecule has 74 valence electrons. The molecule has 1 heteroatoms. The molecule has 0 fully saturated rings. The molecule has 0 unspecified atom stereocenters. The van der Waals surface area contributed by atoms with Gasteiger partial charge in [0, 0.05) is 4.90 Å². The van der Waals surface area contributed by atoms with Gasteiger partial charge in [0.05, 0.1) is 0 Å². The molecule has 0 aromatic heterocycles. The van der Waals surface area contributed by atoms with Crippen molar-refractivity contribution >= 4 is 22.5 Å². The highest BCUT2D eigenvalue weighted by molar-refractivity contribution is 7.98. The Labute approximate surface area is 90.3 Å². The van der Waals surface area contributed by atoms with E-state index in [4.69, 9.17) is 0 Å². The molecule has 0 bridgehead atoms. The van der Waals surface area contributed by atoms with Gasteiger partial charge in [0.15, 0.2) is 0 Å². The first-order chi connectivity index (χ1) is 6.92. The van der Waals surface area contributed by atoms with Gasteiger partial charge in [0.25, 0.3) is 0 Å². The van der Waals surface area contributed by atoms with Gasteiger partial charge in [-0.2, -0.15) is 0 Å². The molecule has 2 aromatic carbocycles. The van der Waals surface area contributed by atoms with Crippen molar-refractivity contribution in [2.24, 2.45) is 0 Å². The summed E-state index contributed by atoms with van der Waals surface area (Å²) in [5, 5.41) is 2.68. The lowest BCUT2D eigenvalue weighted by atomic mass is 10.1. The average molecular weight is 204 g/mol. The Bertz CT molecular complexity index is 388. The maximum Gasteiger partial charge on any atom is 0.0148 e. The summed E-state index contributed by atoms with van der Waals surface area (Å²) in [4.78, 5) is 1.35. The monoisotopic (exact) mass is 204 g/mol. The first-order valence-electron chi connectivity index (χ1n) is 4.93. The van der Waals surface area contributed by atoms with Crippen LogP contribution in [0.15, 0.2) is 47.4 Å². The molecule has 0 saturated carbocycles. The third-order valence-electron chi connectivity index (χ3n) is 1.97. The lowest BCUT2D eigenvalue weighted by molar-refractivity contribution is 1.50. The Morgan fingerprint density at radius 2 is 1.50 bits per heavy atom. The molecule has 0 N–H and O–H groups in total. The van der Waals surface area contributed by atoms with Crippen LogP contribution < -0.4 is 0 Å². The van der Waals surface area contributed by atoms with E-state index < -0.39 is 0 Å². The van der Waals surface area contributed by atoms with Crippen molar-refractivity contribution in [3.8, 4) is 0 Å². The first kappa shape index (κ1) is 11.1. The quantitative estimate of drug-likeness (QED) is 0.612. The molecule has 0 aliphatic carbocycles. The topological polar surface area (TPSA) is 0 Å². The van der Waals surface area contributed by atoms with E-state index in [2.05, 4.69) is 48.7 Å². The molecule has 0 aliphatic heterocycles. The summed E-state index contributed by atoms with van der Waals surface area (Å²) < 4.78 is 0. The molecular weight excluding hydrogens is 188 g/mol. The summed E-state index contributed by atoms with van der Waals surface area (Å²) in [6.45, 7) is 4.00. The standard InChI is InChI=1S/C11H10S.C2H6/c1-12-11-8-4-6-9-5-2-3-7-10(9)11;1-2/h2-8H,1H3;1-2H3. The second-order valence-corrected chi connectivity index (χ2v) is 3.53. The van der Waals surface area contributed by atoms with Crippen molar-refractivity contribution < 1.29 is 0 Å². The minimum absolute atomic E-state index is 1.32. The maximum atomic E-state index is 2.17. The number of benzene rings is 2. The molecule has 0 spiro atoms. The van der Waals surface area contributed by atoms with Crippen LogP contribution in [0.1, 0.15) is 13.8 Å². The zero-order chi connectivity index (χ0) is 10.4. The largest absolute Gasteiger partial charge is 0.129 e. The van der Waals surface area contributed by atoms with Crippen LogP contribution in [0.4, 0.5) is 0 Å². The van der Waals surface area contributed by atoms with Crippen LogP contribution >= 0.6 is 11.8 Å². The Kier molecular flexibility index (Phi) is 4.54. The summed E-state index contributed by atoms with van der Waals surface area (Å²) in [6, 6.07) is 14.9. The minimum Gasteiger partial charge on any atom is -0.129 e. The van der Waals surface area contributed by atoms with Crippen LogP contribution in [0.5, 0.6) is 0 Å². The van der Waals surface area contributed by atoms with Crippen molar-refractivity contribution in [3.05, 3.63) is 42.5 Å². The Balaban J connectivity index is 0.000000461. The van der Waals surface area contributed by atoms with E-state index in [1.165, 1.54) is 15.7 Å². The Hall–Kier alpha value is -0.950. The molecule has 0 amide bonds. The van der Waals surface area contributed by atoms with E-state index in [0.29, 0.717) is 0 Å². The third kappa shape index (κ3) is 2.30. The Morgan fingerprint density at radius 3 is 2.21 bits per heavy atom. The van der Waals surface area contributed by atoms with Crippen LogP contribution in [-0.2, 0) is 0 Å². The van der Waals surface area contributed by atoms with Crippen LogP contribution in [0.3, 0.4) is 0 Å². The highest BCUT2D eigenvalue weighted by Crippen LogP contribution is 2.25. The van der Waals surface area contributed by atoms with E-state index in [9.17, 15) is 0 Å². The summed E-state index contributed by atoms with van der Waals surface area (Å²) >= 11 is 1.80. The highest BCUT2D eigenvalue weighted by atomic mass is 32.2. The predicted octanol–water partition coefficient (Wildman–Crippen LogP) is 4.59. The van der Waals surface area contributed by atoms with Crippen molar-refractivity contribution in [2.45, 2.75) is 18.7 Å². The van der Waals surface area contributed by atoms with Crippen molar-refractivity contribution in [3.63, 3.8) is 0 Å². The molecule has 0 aliphatic rings. The second kappa shape index (κ2) is 5.71. The summed E-state index contributed by atoms with van der Waals surface area (Å²) in [5.74, 6) is 0. The lowest BCUT2D eigenvalue weighted by Crippen LogP contribution is -1.74. The van der Waals surface area contributed by atoms with Crippen LogP contribution in [0.25, 0.3) is 10.8 Å². The number of thioether (sulfide) groups is 1. The van der Waals surface area contributed by atoms with Crippen LogP contribution in [0.2, 0.25) is 0 Å². The van der Waals surface area contributed by atoms with Crippen molar-refractivity contribution in [1.29, 1.82) is 0 Å². The number of rotatable bonds is 1. The van der Waals surface area contributed by atoms with E-state index in [0.717, 1.165) is 0 Å². The van der Waals surface area contributed by atoms with Gasteiger partial charge in [-0.15, -0.1) is 11.8 Å². The van der Waals surface area contributed by atoms with E-state index in [-0.39, 0.29) is 0 Å². The van der Waals surface area contributed by atoms with Gasteiger partial charge in [-0.1, -0.05) is 50.2 Å². The van der Waals surface area contributed by atoms with Gasteiger partial charge in [0.1, 0.15) is 0 Å². The molecule has 0 nitrogen and oxygen atoms in total. The van der Waals surface area contributed by atoms with Gasteiger partial charge in [-0.3, -0.25) is 0 Å². The molecule has 0 atom stereocenters. The van der Waals surface area contributed by atoms with E-state index in [1.807, 2.05) is 13.8 Å². The summed E-state index contributed by atoms with van der Waals surface area (Å²) in [7, 11) is 0. The van der Waals surface area contributed by atoms with E-state index in [1.54, 1.807) is 11.8 Å². The maximum absolute atomic E-state index is 2.17. The Morgan fingerprint density at radius 1 is 0.857 bits per heavy atom. The van der Waals surface area contributed by atoms with Gasteiger partial charge in [-0.05, 0) is 23.1 Å². The van der Waals surface area contributed by atoms with Gasteiger partial charge >= 0.3 is 0 Å². The van der Waals surface area contributed by atoms with Gasteiger partial charge in [0.2, 0.25) is 0 Å². The molecular formula is C13H16S. The first-order valence-corrected chi connectivity index (χ1v) is 6.16. The second-order valence-electron chi connectivity index (χ2n) is 2.68. The summed E-state index contributed by atoms with van der Waals surface area (Å²) in [6.07, 6.45) is 2.11. The fourth-order valence-electron chi connectivity index (χ4n) is 1.37. The minimum atomic E-state index is 1.32. The zero-order valence-electron chi connectivity index (χ0n) is 8.95. The molecule has 0 heterocycles. The highest BCUT2D eigenvalue weighted by Gasteiger charge is 1.96. The number of hydrogen-bond acceptors (Lipinski definition) is 1. The molecule has 14 heavy (non-hydrogen) atoms. The van der Waals surface area contributed by atoms with Crippen LogP contribution in [-0.4, -0.2) is 6.26 Å².